The van der Waals surface area contributed by atoms with Crippen LogP contribution in [0.2, 0.25) is 0 Å². The number of oxime groups is 1. The molecular weight excluding hydrogens is 178 g/mol. The van der Waals surface area contributed by atoms with Crippen LogP contribution in [0.3, 0.4) is 0 Å². The summed E-state index contributed by atoms with van der Waals surface area (Å²) in [6, 6.07) is 11.1. The minimum Gasteiger partial charge on any atom is -0.409 e. The average Bonchev–Trinajstić information content (AvgIpc) is 2.74. The molecule has 0 saturated carbocycles. The van der Waals surface area contributed by atoms with Crippen LogP contribution in [0.4, 0.5) is 0 Å². The van der Waals surface area contributed by atoms with E-state index in [1.165, 1.54) is 4.68 Å². The maximum absolute atomic E-state index is 8.88. The van der Waals surface area contributed by atoms with Crippen LogP contribution in [0.25, 0.3) is 0 Å². The minimum atomic E-state index is 0.413. The fourth-order valence-electron chi connectivity index (χ4n) is 1.22. The normalized spacial score (nSPS) is 11.6. The molecule has 0 bridgehead atoms. The zero-order valence-corrected chi connectivity index (χ0v) is 7.41. The van der Waals surface area contributed by atoms with Gasteiger partial charge in [0.1, 0.15) is 0 Å². The molecule has 4 nitrogen and oxygen atoms in total. The molecule has 0 aliphatic heterocycles. The molecule has 1 N–H and O–H groups in total. The van der Waals surface area contributed by atoms with Crippen molar-refractivity contribution in [2.45, 2.75) is 0 Å². The predicted molar refractivity (Wildman–Crippen MR) is 52.4 cm³/mol. The second-order valence-electron chi connectivity index (χ2n) is 2.74. The summed E-state index contributed by atoms with van der Waals surface area (Å²) in [5.74, 6) is 0.413. The second-order valence-corrected chi connectivity index (χ2v) is 2.74. The Kier molecular flexibility index (Phi) is 2.27. The van der Waals surface area contributed by atoms with Gasteiger partial charge in [0.05, 0.1) is 0 Å². The zero-order chi connectivity index (χ0) is 9.80. The van der Waals surface area contributed by atoms with Crippen molar-refractivity contribution >= 4 is 5.84 Å². The summed E-state index contributed by atoms with van der Waals surface area (Å²) < 4.78 is 1.51. The van der Waals surface area contributed by atoms with Crippen LogP contribution in [-0.4, -0.2) is 20.8 Å². The van der Waals surface area contributed by atoms with E-state index in [-0.39, 0.29) is 0 Å². The van der Waals surface area contributed by atoms with Gasteiger partial charge >= 0.3 is 0 Å². The van der Waals surface area contributed by atoms with Crippen molar-refractivity contribution in [2.75, 3.05) is 0 Å². The van der Waals surface area contributed by atoms with Gasteiger partial charge in [-0.15, -0.1) is 0 Å². The third kappa shape index (κ3) is 1.50. The molecule has 0 aliphatic carbocycles. The molecule has 2 aromatic rings. The molecule has 0 radical (unpaired) electrons. The quantitative estimate of drug-likeness (QED) is 0.319. The van der Waals surface area contributed by atoms with Gasteiger partial charge in [-0.05, 0) is 6.07 Å². The molecule has 0 atom stereocenters. The van der Waals surface area contributed by atoms with Gasteiger partial charge in [-0.25, -0.2) is 4.68 Å². The molecular formula is C10H9N3O. The number of nitrogens with zero attached hydrogens (tertiary/aromatic N) is 3. The van der Waals surface area contributed by atoms with Gasteiger partial charge in [0.25, 0.3) is 0 Å². The molecule has 0 aliphatic rings. The summed E-state index contributed by atoms with van der Waals surface area (Å²) in [4.78, 5) is 0. The summed E-state index contributed by atoms with van der Waals surface area (Å²) in [7, 11) is 0. The topological polar surface area (TPSA) is 50.4 Å². The van der Waals surface area contributed by atoms with E-state index in [0.29, 0.717) is 5.84 Å². The number of hydrogen-bond donors (Lipinski definition) is 1. The smallest absolute Gasteiger partial charge is 0.199 e. The average molecular weight is 187 g/mol. The van der Waals surface area contributed by atoms with Gasteiger partial charge in [0.2, 0.25) is 0 Å². The SMILES string of the molecule is O/N=C(\c1ccccc1)n1cccn1. The Balaban J connectivity index is 2.43. The Labute approximate surface area is 81.1 Å². The molecule has 0 spiro atoms. The molecule has 0 saturated heterocycles. The van der Waals surface area contributed by atoms with E-state index in [2.05, 4.69) is 10.3 Å². The van der Waals surface area contributed by atoms with Crippen LogP contribution >= 0.6 is 0 Å². The second kappa shape index (κ2) is 3.74. The molecule has 70 valence electrons. The lowest BCUT2D eigenvalue weighted by Gasteiger charge is -2.03. The standard InChI is InChI=1S/C10H9N3O/c14-12-10(13-8-4-7-11-13)9-5-2-1-3-6-9/h1-8,14H/b12-10+. The monoisotopic (exact) mass is 187 g/mol. The summed E-state index contributed by atoms with van der Waals surface area (Å²) in [6.07, 6.45) is 3.36. The highest BCUT2D eigenvalue weighted by Crippen LogP contribution is 2.02. The van der Waals surface area contributed by atoms with Crippen LogP contribution in [-0.2, 0) is 0 Å². The largest absolute Gasteiger partial charge is 0.409 e. The molecule has 14 heavy (non-hydrogen) atoms. The maximum atomic E-state index is 8.88. The molecule has 0 unspecified atom stereocenters. The maximum Gasteiger partial charge on any atom is 0.199 e. The van der Waals surface area contributed by atoms with Crippen LogP contribution < -0.4 is 0 Å². The highest BCUT2D eigenvalue weighted by molar-refractivity contribution is 5.99. The number of aromatic nitrogens is 2. The van der Waals surface area contributed by atoms with Gasteiger partial charge in [0.15, 0.2) is 5.84 Å². The van der Waals surface area contributed by atoms with Crippen molar-refractivity contribution in [3.05, 3.63) is 54.4 Å². The van der Waals surface area contributed by atoms with Crippen LogP contribution in [0, 0.1) is 0 Å². The van der Waals surface area contributed by atoms with Crippen molar-refractivity contribution in [1.82, 2.24) is 9.78 Å². The first-order valence-electron chi connectivity index (χ1n) is 4.19. The van der Waals surface area contributed by atoms with Crippen LogP contribution in [0.1, 0.15) is 5.56 Å². The lowest BCUT2D eigenvalue weighted by molar-refractivity contribution is 0.316. The van der Waals surface area contributed by atoms with Crippen molar-refractivity contribution in [3.63, 3.8) is 0 Å². The van der Waals surface area contributed by atoms with E-state index in [0.717, 1.165) is 5.56 Å². The van der Waals surface area contributed by atoms with E-state index in [4.69, 9.17) is 5.21 Å². The third-order valence-electron chi connectivity index (χ3n) is 1.85. The molecule has 1 heterocycles. The minimum absolute atomic E-state index is 0.413. The van der Waals surface area contributed by atoms with Crippen molar-refractivity contribution in [3.8, 4) is 0 Å². The Morgan fingerprint density at radius 2 is 2.00 bits per heavy atom. The first kappa shape index (κ1) is 8.50. The lowest BCUT2D eigenvalue weighted by Crippen LogP contribution is -2.13. The summed E-state index contributed by atoms with van der Waals surface area (Å²) in [5.41, 5.74) is 0.818. The molecule has 0 fully saturated rings. The summed E-state index contributed by atoms with van der Waals surface area (Å²) in [6.45, 7) is 0. The fraction of sp³-hybridized carbons (Fsp3) is 0. The van der Waals surface area contributed by atoms with Crippen LogP contribution in [0.5, 0.6) is 0 Å². The van der Waals surface area contributed by atoms with E-state index in [1.807, 2.05) is 30.3 Å². The Morgan fingerprint density at radius 1 is 1.21 bits per heavy atom. The molecule has 0 amide bonds. The van der Waals surface area contributed by atoms with Gasteiger partial charge in [-0.3, -0.25) is 0 Å². The fourth-order valence-corrected chi connectivity index (χ4v) is 1.22. The van der Waals surface area contributed by atoms with Crippen molar-refractivity contribution in [1.29, 1.82) is 0 Å². The predicted octanol–water partition coefficient (Wildman–Crippen LogP) is 1.57. The van der Waals surface area contributed by atoms with E-state index < -0.39 is 0 Å². The number of rotatable bonds is 1. The van der Waals surface area contributed by atoms with Gasteiger partial charge in [0, 0.05) is 18.0 Å². The Bertz CT molecular complexity index is 420. The van der Waals surface area contributed by atoms with Crippen LogP contribution in [0.15, 0.2) is 53.9 Å². The molecule has 1 aromatic carbocycles. The summed E-state index contributed by atoms with van der Waals surface area (Å²) >= 11 is 0. The third-order valence-corrected chi connectivity index (χ3v) is 1.85. The molecule has 2 rings (SSSR count). The van der Waals surface area contributed by atoms with E-state index in [1.54, 1.807) is 18.5 Å². The van der Waals surface area contributed by atoms with Gasteiger partial charge < -0.3 is 5.21 Å². The van der Waals surface area contributed by atoms with E-state index >= 15 is 0 Å². The van der Waals surface area contributed by atoms with Crippen molar-refractivity contribution in [2.24, 2.45) is 5.16 Å². The number of hydrogen-bond acceptors (Lipinski definition) is 3. The lowest BCUT2D eigenvalue weighted by atomic mass is 10.2. The number of benzene rings is 1. The Hall–Kier alpha value is -2.10. The molecule has 1 aromatic heterocycles. The summed E-state index contributed by atoms with van der Waals surface area (Å²) in [5, 5.41) is 16.1. The van der Waals surface area contributed by atoms with E-state index in [9.17, 15) is 0 Å². The molecule has 4 heteroatoms. The van der Waals surface area contributed by atoms with Crippen molar-refractivity contribution < 1.29 is 5.21 Å². The van der Waals surface area contributed by atoms with Gasteiger partial charge in [-0.2, -0.15) is 5.10 Å². The first-order chi connectivity index (χ1) is 6.92. The van der Waals surface area contributed by atoms with Gasteiger partial charge in [-0.1, -0.05) is 35.5 Å². The Morgan fingerprint density at radius 3 is 2.57 bits per heavy atom. The zero-order valence-electron chi connectivity index (χ0n) is 7.41. The highest BCUT2D eigenvalue weighted by atomic mass is 16.4. The first-order valence-corrected chi connectivity index (χ1v) is 4.19. The highest BCUT2D eigenvalue weighted by Gasteiger charge is 2.05.